The van der Waals surface area contributed by atoms with Gasteiger partial charge in [-0.3, -0.25) is 14.6 Å². The highest BCUT2D eigenvalue weighted by Gasteiger charge is 2.34. The summed E-state index contributed by atoms with van der Waals surface area (Å²) in [6, 6.07) is 10.9. The number of rotatable bonds is 5. The lowest BCUT2D eigenvalue weighted by Crippen LogP contribution is -2.54. The van der Waals surface area contributed by atoms with Crippen LogP contribution >= 0.6 is 0 Å². The van der Waals surface area contributed by atoms with Crippen LogP contribution in [-0.4, -0.2) is 53.6 Å². The average molecular weight is 290 g/mol. The fraction of sp³-hybridized carbons (Fsp3) is 0.588. The summed E-state index contributed by atoms with van der Waals surface area (Å²) in [5.74, 6) is 0.201. The van der Waals surface area contributed by atoms with E-state index >= 15 is 0 Å². The van der Waals surface area contributed by atoms with E-state index in [9.17, 15) is 4.79 Å². The van der Waals surface area contributed by atoms with Gasteiger partial charge >= 0.3 is 5.97 Å². The standard InChI is InChI=1S/C17H26N2O2/c1-13-9-19(11-15-7-5-4-6-8-15)10-14(2)17(13)18(3)12-16(20)21/h4-8,13-14,17H,9-12H2,1-3H3,(H,20,21)/t13-,14-/m1/s1. The van der Waals surface area contributed by atoms with Gasteiger partial charge < -0.3 is 5.11 Å². The number of hydrogen-bond acceptors (Lipinski definition) is 3. The van der Waals surface area contributed by atoms with Gasteiger partial charge in [0.25, 0.3) is 0 Å². The number of piperidine rings is 1. The predicted molar refractivity (Wildman–Crippen MR) is 84.1 cm³/mol. The Morgan fingerprint density at radius 2 is 1.81 bits per heavy atom. The molecular weight excluding hydrogens is 264 g/mol. The van der Waals surface area contributed by atoms with Crippen molar-refractivity contribution in [2.75, 3.05) is 26.7 Å². The minimum atomic E-state index is -0.747. The topological polar surface area (TPSA) is 43.8 Å². The van der Waals surface area contributed by atoms with Gasteiger partial charge in [-0.1, -0.05) is 44.2 Å². The van der Waals surface area contributed by atoms with Gasteiger partial charge in [-0.25, -0.2) is 0 Å². The Balaban J connectivity index is 1.96. The van der Waals surface area contributed by atoms with E-state index in [0.717, 1.165) is 19.6 Å². The molecule has 4 nitrogen and oxygen atoms in total. The molecular formula is C17H26N2O2. The molecule has 1 saturated heterocycles. The first-order chi connectivity index (χ1) is 9.97. The summed E-state index contributed by atoms with van der Waals surface area (Å²) >= 11 is 0. The van der Waals surface area contributed by atoms with Crippen molar-refractivity contribution in [2.45, 2.75) is 26.4 Å². The first-order valence-electron chi connectivity index (χ1n) is 7.65. The Kier molecular flexibility index (Phi) is 5.37. The number of carbonyl (C=O) groups is 1. The van der Waals surface area contributed by atoms with Crippen molar-refractivity contribution in [3.05, 3.63) is 35.9 Å². The van der Waals surface area contributed by atoms with Crippen LogP contribution in [0, 0.1) is 11.8 Å². The largest absolute Gasteiger partial charge is 0.480 e. The number of benzene rings is 1. The Labute approximate surface area is 127 Å². The first kappa shape index (κ1) is 16.0. The summed E-state index contributed by atoms with van der Waals surface area (Å²) in [6.07, 6.45) is 0. The van der Waals surface area contributed by atoms with Crippen molar-refractivity contribution in [1.82, 2.24) is 9.80 Å². The number of aliphatic carboxylic acids is 1. The maximum Gasteiger partial charge on any atom is 0.317 e. The third-order valence-corrected chi connectivity index (χ3v) is 4.40. The van der Waals surface area contributed by atoms with Crippen LogP contribution < -0.4 is 0 Å². The Bertz CT molecular complexity index is 451. The first-order valence-corrected chi connectivity index (χ1v) is 7.65. The number of nitrogens with zero attached hydrogens (tertiary/aromatic N) is 2. The number of carboxylic acid groups (broad SMARTS) is 1. The Morgan fingerprint density at radius 1 is 1.24 bits per heavy atom. The predicted octanol–water partition coefficient (Wildman–Crippen LogP) is 2.16. The van der Waals surface area contributed by atoms with E-state index in [2.05, 4.69) is 43.0 Å². The maximum absolute atomic E-state index is 10.9. The van der Waals surface area contributed by atoms with Crippen LogP contribution in [0.15, 0.2) is 30.3 Å². The highest BCUT2D eigenvalue weighted by Crippen LogP contribution is 2.27. The summed E-state index contributed by atoms with van der Waals surface area (Å²) in [7, 11) is 1.93. The Hall–Kier alpha value is -1.39. The van der Waals surface area contributed by atoms with Crippen molar-refractivity contribution in [3.8, 4) is 0 Å². The summed E-state index contributed by atoms with van der Waals surface area (Å²) in [6.45, 7) is 7.61. The van der Waals surface area contributed by atoms with E-state index in [0.29, 0.717) is 17.9 Å². The van der Waals surface area contributed by atoms with Crippen LogP contribution in [-0.2, 0) is 11.3 Å². The molecule has 1 heterocycles. The lowest BCUT2D eigenvalue weighted by Gasteiger charge is -2.45. The summed E-state index contributed by atoms with van der Waals surface area (Å²) in [5.41, 5.74) is 1.34. The molecule has 1 aromatic rings. The average Bonchev–Trinajstić information content (AvgIpc) is 2.38. The molecule has 0 unspecified atom stereocenters. The molecule has 21 heavy (non-hydrogen) atoms. The fourth-order valence-corrected chi connectivity index (χ4v) is 3.82. The molecule has 1 N–H and O–H groups in total. The second-order valence-corrected chi connectivity index (χ2v) is 6.43. The maximum atomic E-state index is 10.9. The summed E-state index contributed by atoms with van der Waals surface area (Å²) in [5, 5.41) is 8.98. The van der Waals surface area contributed by atoms with Crippen LogP contribution in [0.3, 0.4) is 0 Å². The van der Waals surface area contributed by atoms with Crippen molar-refractivity contribution in [3.63, 3.8) is 0 Å². The third-order valence-electron chi connectivity index (χ3n) is 4.40. The van der Waals surface area contributed by atoms with Gasteiger partial charge in [0.05, 0.1) is 6.54 Å². The van der Waals surface area contributed by atoms with Crippen LogP contribution in [0.25, 0.3) is 0 Å². The van der Waals surface area contributed by atoms with Crippen LogP contribution in [0.4, 0.5) is 0 Å². The SMILES string of the molecule is C[C@@H]1CN(Cc2ccccc2)C[C@@H](C)C1N(C)CC(=O)O. The smallest absolute Gasteiger partial charge is 0.317 e. The third kappa shape index (κ3) is 4.29. The van der Waals surface area contributed by atoms with Gasteiger partial charge in [0.15, 0.2) is 0 Å². The minimum absolute atomic E-state index is 0.123. The molecule has 2 rings (SSSR count). The van der Waals surface area contributed by atoms with E-state index in [4.69, 9.17) is 5.11 Å². The van der Waals surface area contributed by atoms with Crippen molar-refractivity contribution >= 4 is 5.97 Å². The van der Waals surface area contributed by atoms with Crippen LogP contribution in [0.1, 0.15) is 19.4 Å². The molecule has 4 heteroatoms. The highest BCUT2D eigenvalue weighted by molar-refractivity contribution is 5.69. The number of carboxylic acids is 1. The van der Waals surface area contributed by atoms with Gasteiger partial charge in [0.2, 0.25) is 0 Å². The minimum Gasteiger partial charge on any atom is -0.480 e. The second-order valence-electron chi connectivity index (χ2n) is 6.43. The number of likely N-dealkylation sites (N-methyl/N-ethyl adjacent to an activating group) is 1. The molecule has 1 aliphatic rings. The summed E-state index contributed by atoms with van der Waals surface area (Å²) < 4.78 is 0. The normalized spacial score (nSPS) is 24.4. The Morgan fingerprint density at radius 3 is 2.33 bits per heavy atom. The van der Waals surface area contributed by atoms with Gasteiger partial charge in [-0.05, 0) is 24.4 Å². The van der Waals surface area contributed by atoms with Crippen LogP contribution in [0.5, 0.6) is 0 Å². The molecule has 0 aromatic heterocycles. The quantitative estimate of drug-likeness (QED) is 0.902. The molecule has 0 radical (unpaired) electrons. The van der Waals surface area contributed by atoms with Crippen molar-refractivity contribution < 1.29 is 9.90 Å². The molecule has 2 atom stereocenters. The molecule has 1 aliphatic heterocycles. The van der Waals surface area contributed by atoms with Crippen LogP contribution in [0.2, 0.25) is 0 Å². The van der Waals surface area contributed by atoms with Crippen molar-refractivity contribution in [1.29, 1.82) is 0 Å². The fourth-order valence-electron chi connectivity index (χ4n) is 3.82. The van der Waals surface area contributed by atoms with E-state index in [1.54, 1.807) is 0 Å². The molecule has 1 aromatic carbocycles. The molecule has 0 bridgehead atoms. The van der Waals surface area contributed by atoms with Gasteiger partial charge in [-0.2, -0.15) is 0 Å². The number of hydrogen-bond donors (Lipinski definition) is 1. The monoisotopic (exact) mass is 290 g/mol. The lowest BCUT2D eigenvalue weighted by atomic mass is 9.84. The summed E-state index contributed by atoms with van der Waals surface area (Å²) in [4.78, 5) is 15.4. The van der Waals surface area contributed by atoms with E-state index in [1.165, 1.54) is 5.56 Å². The van der Waals surface area contributed by atoms with E-state index in [1.807, 2.05) is 18.0 Å². The molecule has 0 spiro atoms. The zero-order chi connectivity index (χ0) is 15.4. The molecule has 0 amide bonds. The van der Waals surface area contributed by atoms with Gasteiger partial charge in [0, 0.05) is 25.7 Å². The lowest BCUT2D eigenvalue weighted by molar-refractivity contribution is -0.139. The molecule has 1 fully saturated rings. The van der Waals surface area contributed by atoms with Gasteiger partial charge in [-0.15, -0.1) is 0 Å². The van der Waals surface area contributed by atoms with E-state index in [-0.39, 0.29) is 6.54 Å². The van der Waals surface area contributed by atoms with E-state index < -0.39 is 5.97 Å². The molecule has 0 saturated carbocycles. The molecule has 0 aliphatic carbocycles. The molecule has 116 valence electrons. The van der Waals surface area contributed by atoms with Crippen molar-refractivity contribution in [2.24, 2.45) is 11.8 Å². The second kappa shape index (κ2) is 7.05. The zero-order valence-corrected chi connectivity index (χ0v) is 13.2. The van der Waals surface area contributed by atoms with Gasteiger partial charge in [0.1, 0.15) is 0 Å². The highest BCUT2D eigenvalue weighted by atomic mass is 16.4. The zero-order valence-electron chi connectivity index (χ0n) is 13.2. The number of likely N-dealkylation sites (tertiary alicyclic amines) is 1.